The number of amides is 1. The van der Waals surface area contributed by atoms with Crippen molar-refractivity contribution in [1.82, 2.24) is 0 Å². The summed E-state index contributed by atoms with van der Waals surface area (Å²) in [6.45, 7) is 4.66. The Morgan fingerprint density at radius 1 is 1.53 bits per heavy atom. The Morgan fingerprint density at radius 2 is 2.26 bits per heavy atom. The maximum atomic E-state index is 12.0. The van der Waals surface area contributed by atoms with Crippen molar-refractivity contribution in [3.05, 3.63) is 29.8 Å². The molecule has 1 aliphatic heterocycles. The zero-order valence-electron chi connectivity index (χ0n) is 11.6. The van der Waals surface area contributed by atoms with E-state index in [1.165, 1.54) is 0 Å². The Hall–Kier alpha value is -1.55. The van der Waals surface area contributed by atoms with E-state index in [2.05, 4.69) is 12.2 Å². The molecule has 0 aliphatic carbocycles. The van der Waals surface area contributed by atoms with Gasteiger partial charge >= 0.3 is 0 Å². The van der Waals surface area contributed by atoms with Crippen molar-refractivity contribution in [1.29, 1.82) is 0 Å². The molecule has 0 aromatic heterocycles. The fourth-order valence-corrected chi connectivity index (χ4v) is 2.58. The van der Waals surface area contributed by atoms with E-state index in [1.54, 1.807) is 0 Å². The Morgan fingerprint density at radius 3 is 2.89 bits per heavy atom. The van der Waals surface area contributed by atoms with Gasteiger partial charge in [-0.2, -0.15) is 0 Å². The van der Waals surface area contributed by atoms with Gasteiger partial charge < -0.3 is 15.8 Å². The molecule has 0 radical (unpaired) electrons. The molecule has 2 rings (SSSR count). The normalized spacial score (nSPS) is 26.9. The van der Waals surface area contributed by atoms with Crippen LogP contribution in [-0.2, 0) is 9.53 Å². The molecule has 4 nitrogen and oxygen atoms in total. The van der Waals surface area contributed by atoms with Crippen molar-refractivity contribution >= 4 is 11.6 Å². The van der Waals surface area contributed by atoms with Crippen molar-refractivity contribution in [2.45, 2.75) is 44.8 Å². The standard InChI is InChI=1S/C15H22N2O2/c1-3-12-10-15(14(16)18,8-9-19-12)17-13-7-5-4-6-11(13)2/h4-7,12,17H,3,8-10H2,1-2H3,(H2,16,18). The first-order chi connectivity index (χ1) is 9.07. The monoisotopic (exact) mass is 262 g/mol. The van der Waals surface area contributed by atoms with Crippen molar-refractivity contribution in [2.75, 3.05) is 11.9 Å². The number of para-hydroxylation sites is 1. The van der Waals surface area contributed by atoms with E-state index >= 15 is 0 Å². The van der Waals surface area contributed by atoms with Gasteiger partial charge in [-0.15, -0.1) is 0 Å². The number of rotatable bonds is 4. The predicted octanol–water partition coefficient (Wildman–Crippen LogP) is 2.22. The first-order valence-corrected chi connectivity index (χ1v) is 6.83. The molecule has 1 aromatic carbocycles. The number of benzene rings is 1. The topological polar surface area (TPSA) is 64.3 Å². The molecule has 0 spiro atoms. The summed E-state index contributed by atoms with van der Waals surface area (Å²) in [7, 11) is 0. The van der Waals surface area contributed by atoms with Crippen LogP contribution in [0.5, 0.6) is 0 Å². The number of hydrogen-bond donors (Lipinski definition) is 2. The highest BCUT2D eigenvalue weighted by molar-refractivity contribution is 5.88. The van der Waals surface area contributed by atoms with Crippen LogP contribution in [-0.4, -0.2) is 24.2 Å². The van der Waals surface area contributed by atoms with Gasteiger partial charge in [-0.3, -0.25) is 4.79 Å². The molecule has 2 unspecified atom stereocenters. The first kappa shape index (κ1) is 13.9. The molecule has 1 saturated heterocycles. The number of ether oxygens (including phenoxy) is 1. The minimum Gasteiger partial charge on any atom is -0.378 e. The van der Waals surface area contributed by atoms with Gasteiger partial charge in [-0.25, -0.2) is 0 Å². The number of carbonyl (C=O) groups excluding carboxylic acids is 1. The molecular weight excluding hydrogens is 240 g/mol. The quantitative estimate of drug-likeness (QED) is 0.874. The SMILES string of the molecule is CCC1CC(Nc2ccccc2C)(C(N)=O)CCO1. The lowest BCUT2D eigenvalue weighted by Gasteiger charge is -2.40. The summed E-state index contributed by atoms with van der Waals surface area (Å²) in [5, 5.41) is 3.37. The Balaban J connectivity index is 2.25. The van der Waals surface area contributed by atoms with Crippen LogP contribution < -0.4 is 11.1 Å². The van der Waals surface area contributed by atoms with Crippen LogP contribution >= 0.6 is 0 Å². The van der Waals surface area contributed by atoms with Gasteiger partial charge in [0, 0.05) is 25.1 Å². The predicted molar refractivity (Wildman–Crippen MR) is 76.0 cm³/mol. The molecular formula is C15H22N2O2. The molecule has 2 atom stereocenters. The second-order valence-electron chi connectivity index (χ2n) is 5.24. The molecule has 1 aromatic rings. The summed E-state index contributed by atoms with van der Waals surface area (Å²) in [5.74, 6) is -0.294. The molecule has 3 N–H and O–H groups in total. The van der Waals surface area contributed by atoms with Gasteiger partial charge in [-0.05, 0) is 25.0 Å². The summed E-state index contributed by atoms with van der Waals surface area (Å²) in [4.78, 5) is 12.0. The fraction of sp³-hybridized carbons (Fsp3) is 0.533. The summed E-state index contributed by atoms with van der Waals surface area (Å²) in [6, 6.07) is 7.95. The largest absolute Gasteiger partial charge is 0.378 e. The lowest BCUT2D eigenvalue weighted by Crippen LogP contribution is -2.56. The third-order valence-corrected chi connectivity index (χ3v) is 3.90. The summed E-state index contributed by atoms with van der Waals surface area (Å²) < 4.78 is 5.65. The molecule has 104 valence electrons. The van der Waals surface area contributed by atoms with Crippen molar-refractivity contribution in [3.63, 3.8) is 0 Å². The molecule has 1 heterocycles. The molecule has 0 saturated carbocycles. The number of anilines is 1. The van der Waals surface area contributed by atoms with Crippen LogP contribution in [0.1, 0.15) is 31.7 Å². The second kappa shape index (κ2) is 5.61. The fourth-order valence-electron chi connectivity index (χ4n) is 2.58. The lowest BCUT2D eigenvalue weighted by molar-refractivity contribution is -0.127. The highest BCUT2D eigenvalue weighted by Gasteiger charge is 2.41. The zero-order valence-corrected chi connectivity index (χ0v) is 11.6. The van der Waals surface area contributed by atoms with Gasteiger partial charge in [0.25, 0.3) is 0 Å². The van der Waals surface area contributed by atoms with Crippen LogP contribution in [0.4, 0.5) is 5.69 Å². The van der Waals surface area contributed by atoms with Gasteiger partial charge in [-0.1, -0.05) is 25.1 Å². The van der Waals surface area contributed by atoms with Crippen molar-refractivity contribution in [2.24, 2.45) is 5.73 Å². The molecule has 0 bridgehead atoms. The highest BCUT2D eigenvalue weighted by Crippen LogP contribution is 2.31. The van der Waals surface area contributed by atoms with Crippen LogP contribution in [0.15, 0.2) is 24.3 Å². The van der Waals surface area contributed by atoms with Gasteiger partial charge in [0.2, 0.25) is 5.91 Å². The van der Waals surface area contributed by atoms with Gasteiger partial charge in [0.15, 0.2) is 0 Å². The molecule has 1 amide bonds. The van der Waals surface area contributed by atoms with Crippen LogP contribution in [0.25, 0.3) is 0 Å². The van der Waals surface area contributed by atoms with E-state index in [9.17, 15) is 4.79 Å². The van der Waals surface area contributed by atoms with E-state index < -0.39 is 5.54 Å². The molecule has 19 heavy (non-hydrogen) atoms. The average molecular weight is 262 g/mol. The van der Waals surface area contributed by atoms with E-state index in [-0.39, 0.29) is 12.0 Å². The number of nitrogens with two attached hydrogens (primary N) is 1. The number of aryl methyl sites for hydroxylation is 1. The molecule has 1 aliphatic rings. The number of carbonyl (C=O) groups is 1. The second-order valence-corrected chi connectivity index (χ2v) is 5.24. The lowest BCUT2D eigenvalue weighted by atomic mass is 9.84. The van der Waals surface area contributed by atoms with Crippen molar-refractivity contribution in [3.8, 4) is 0 Å². The van der Waals surface area contributed by atoms with E-state index in [4.69, 9.17) is 10.5 Å². The van der Waals surface area contributed by atoms with Crippen LogP contribution in [0.3, 0.4) is 0 Å². The maximum absolute atomic E-state index is 12.0. The highest BCUT2D eigenvalue weighted by atomic mass is 16.5. The van der Waals surface area contributed by atoms with Crippen LogP contribution in [0, 0.1) is 6.92 Å². The summed E-state index contributed by atoms with van der Waals surface area (Å²) >= 11 is 0. The average Bonchev–Trinajstić information content (AvgIpc) is 2.41. The maximum Gasteiger partial charge on any atom is 0.243 e. The Labute approximate surface area is 114 Å². The smallest absolute Gasteiger partial charge is 0.243 e. The van der Waals surface area contributed by atoms with E-state index in [1.807, 2.05) is 31.2 Å². The van der Waals surface area contributed by atoms with Crippen molar-refractivity contribution < 1.29 is 9.53 Å². The van der Waals surface area contributed by atoms with E-state index in [0.717, 1.165) is 17.7 Å². The number of primary amides is 1. The summed E-state index contributed by atoms with van der Waals surface area (Å²) in [5.41, 5.74) is 7.05. The van der Waals surface area contributed by atoms with Gasteiger partial charge in [0.1, 0.15) is 5.54 Å². The molecule has 4 heteroatoms. The third-order valence-electron chi connectivity index (χ3n) is 3.90. The zero-order chi connectivity index (χ0) is 13.9. The Kier molecular flexibility index (Phi) is 4.10. The minimum atomic E-state index is -0.689. The third kappa shape index (κ3) is 2.89. The Bertz CT molecular complexity index is 461. The van der Waals surface area contributed by atoms with Crippen LogP contribution in [0.2, 0.25) is 0 Å². The number of hydrogen-bond acceptors (Lipinski definition) is 3. The minimum absolute atomic E-state index is 0.0952. The molecule has 1 fully saturated rings. The number of nitrogens with one attached hydrogen (secondary N) is 1. The summed E-state index contributed by atoms with van der Waals surface area (Å²) in [6.07, 6.45) is 2.24. The van der Waals surface area contributed by atoms with E-state index in [0.29, 0.717) is 19.4 Å². The first-order valence-electron chi connectivity index (χ1n) is 6.83. The van der Waals surface area contributed by atoms with Gasteiger partial charge in [0.05, 0.1) is 6.10 Å².